The zero-order valence-electron chi connectivity index (χ0n) is 9.03. The Morgan fingerprint density at radius 3 is 2.62 bits per heavy atom. The summed E-state index contributed by atoms with van der Waals surface area (Å²) in [5.41, 5.74) is 1.50. The van der Waals surface area contributed by atoms with Crippen LogP contribution in [0, 0.1) is 11.3 Å². The Kier molecular flexibility index (Phi) is 2.88. The van der Waals surface area contributed by atoms with Crippen molar-refractivity contribution < 1.29 is 4.79 Å². The third-order valence-electron chi connectivity index (χ3n) is 2.65. The highest BCUT2D eigenvalue weighted by atomic mass is 16.2. The van der Waals surface area contributed by atoms with E-state index in [0.717, 1.165) is 12.1 Å². The van der Waals surface area contributed by atoms with E-state index in [1.807, 2.05) is 19.1 Å². The van der Waals surface area contributed by atoms with Crippen molar-refractivity contribution in [3.05, 3.63) is 35.4 Å². The van der Waals surface area contributed by atoms with E-state index in [9.17, 15) is 4.79 Å². The molecule has 0 unspecified atom stereocenters. The number of hydrogen-bond acceptors (Lipinski definition) is 3. The predicted octanol–water partition coefficient (Wildman–Crippen LogP) is 0.707. The van der Waals surface area contributed by atoms with E-state index in [2.05, 4.69) is 16.7 Å². The number of carbonyl (C=O) groups is 1. The Balaban J connectivity index is 2.18. The van der Waals surface area contributed by atoms with Gasteiger partial charge < -0.3 is 10.6 Å². The Morgan fingerprint density at radius 1 is 1.38 bits per heavy atom. The third-order valence-corrected chi connectivity index (χ3v) is 2.65. The summed E-state index contributed by atoms with van der Waals surface area (Å²) in [6, 6.07) is 8.99. The SMILES string of the molecule is C[C@@H]1CN[C@@H](c2ccc(C#N)cc2)C(=O)N1. The number of rotatable bonds is 1. The van der Waals surface area contributed by atoms with Crippen molar-refractivity contribution in [3.8, 4) is 6.07 Å². The zero-order chi connectivity index (χ0) is 11.5. The maximum atomic E-state index is 11.7. The van der Waals surface area contributed by atoms with Gasteiger partial charge in [0.05, 0.1) is 11.6 Å². The second kappa shape index (κ2) is 4.33. The molecule has 0 bridgehead atoms. The quantitative estimate of drug-likeness (QED) is 0.725. The van der Waals surface area contributed by atoms with Crippen LogP contribution >= 0.6 is 0 Å². The lowest BCUT2D eigenvalue weighted by Crippen LogP contribution is -2.52. The molecule has 0 aromatic heterocycles. The van der Waals surface area contributed by atoms with E-state index in [0.29, 0.717) is 5.56 Å². The lowest BCUT2D eigenvalue weighted by molar-refractivity contribution is -0.125. The van der Waals surface area contributed by atoms with E-state index in [4.69, 9.17) is 5.26 Å². The molecule has 1 aromatic carbocycles. The summed E-state index contributed by atoms with van der Waals surface area (Å²) in [6.45, 7) is 2.72. The molecule has 82 valence electrons. The Bertz CT molecular complexity index is 433. The van der Waals surface area contributed by atoms with Gasteiger partial charge in [0, 0.05) is 12.6 Å². The fourth-order valence-corrected chi connectivity index (χ4v) is 1.78. The first-order valence-corrected chi connectivity index (χ1v) is 5.24. The fraction of sp³-hybridized carbons (Fsp3) is 0.333. The van der Waals surface area contributed by atoms with Crippen molar-refractivity contribution in [1.29, 1.82) is 5.26 Å². The minimum atomic E-state index is -0.302. The van der Waals surface area contributed by atoms with E-state index in [1.165, 1.54) is 0 Å². The smallest absolute Gasteiger partial charge is 0.241 e. The van der Waals surface area contributed by atoms with Gasteiger partial charge in [-0.1, -0.05) is 12.1 Å². The van der Waals surface area contributed by atoms with Crippen LogP contribution in [0.2, 0.25) is 0 Å². The first-order valence-electron chi connectivity index (χ1n) is 5.24. The molecule has 1 saturated heterocycles. The normalized spacial score (nSPS) is 24.6. The van der Waals surface area contributed by atoms with Gasteiger partial charge >= 0.3 is 0 Å². The number of nitrogens with one attached hydrogen (secondary N) is 2. The maximum absolute atomic E-state index is 11.7. The van der Waals surface area contributed by atoms with Crippen molar-refractivity contribution in [1.82, 2.24) is 10.6 Å². The van der Waals surface area contributed by atoms with Crippen molar-refractivity contribution in [2.45, 2.75) is 19.0 Å². The third kappa shape index (κ3) is 2.05. The highest BCUT2D eigenvalue weighted by Gasteiger charge is 2.26. The number of benzene rings is 1. The second-order valence-corrected chi connectivity index (χ2v) is 3.98. The summed E-state index contributed by atoms with van der Waals surface area (Å²) in [6.07, 6.45) is 0. The van der Waals surface area contributed by atoms with Crippen molar-refractivity contribution >= 4 is 5.91 Å². The summed E-state index contributed by atoms with van der Waals surface area (Å²) < 4.78 is 0. The Morgan fingerprint density at radius 2 is 2.06 bits per heavy atom. The zero-order valence-corrected chi connectivity index (χ0v) is 9.03. The van der Waals surface area contributed by atoms with Crippen molar-refractivity contribution in [3.63, 3.8) is 0 Å². The van der Waals surface area contributed by atoms with Crippen LogP contribution in [0.3, 0.4) is 0 Å². The van der Waals surface area contributed by atoms with Gasteiger partial charge in [0.2, 0.25) is 5.91 Å². The minimum Gasteiger partial charge on any atom is -0.351 e. The molecule has 4 nitrogen and oxygen atoms in total. The highest BCUT2D eigenvalue weighted by molar-refractivity contribution is 5.84. The molecule has 1 heterocycles. The standard InChI is InChI=1S/C12H13N3O/c1-8-7-14-11(12(16)15-8)10-4-2-9(6-13)3-5-10/h2-5,8,11,14H,7H2,1H3,(H,15,16)/t8-,11+/m1/s1. The Labute approximate surface area is 94.3 Å². The summed E-state index contributed by atoms with van der Waals surface area (Å²) in [5.74, 6) is -0.0107. The molecular weight excluding hydrogens is 202 g/mol. The molecule has 1 aliphatic heterocycles. The molecule has 0 spiro atoms. The molecule has 1 aliphatic rings. The van der Waals surface area contributed by atoms with E-state index in [-0.39, 0.29) is 18.0 Å². The molecule has 2 rings (SSSR count). The summed E-state index contributed by atoms with van der Waals surface area (Å²) in [4.78, 5) is 11.7. The largest absolute Gasteiger partial charge is 0.351 e. The van der Waals surface area contributed by atoms with Crippen LogP contribution in [0.4, 0.5) is 0 Å². The van der Waals surface area contributed by atoms with Gasteiger partial charge in [0.1, 0.15) is 6.04 Å². The Hall–Kier alpha value is -1.86. The molecule has 1 aromatic rings. The number of nitrogens with zero attached hydrogens (tertiary/aromatic N) is 1. The summed E-state index contributed by atoms with van der Waals surface area (Å²) >= 11 is 0. The van der Waals surface area contributed by atoms with Gasteiger partial charge in [-0.05, 0) is 24.6 Å². The van der Waals surface area contributed by atoms with Crippen LogP contribution in [0.15, 0.2) is 24.3 Å². The predicted molar refractivity (Wildman–Crippen MR) is 59.5 cm³/mol. The second-order valence-electron chi connectivity index (χ2n) is 3.98. The molecule has 1 fully saturated rings. The van der Waals surface area contributed by atoms with E-state index in [1.54, 1.807) is 12.1 Å². The average molecular weight is 215 g/mol. The van der Waals surface area contributed by atoms with Gasteiger partial charge in [0.25, 0.3) is 0 Å². The summed E-state index contributed by atoms with van der Waals surface area (Å²) in [5, 5.41) is 14.7. The first kappa shape index (κ1) is 10.7. The maximum Gasteiger partial charge on any atom is 0.241 e. The molecule has 2 N–H and O–H groups in total. The summed E-state index contributed by atoms with van der Waals surface area (Å²) in [7, 11) is 0. The lowest BCUT2D eigenvalue weighted by Gasteiger charge is -2.28. The lowest BCUT2D eigenvalue weighted by atomic mass is 10.0. The monoisotopic (exact) mass is 215 g/mol. The van der Waals surface area contributed by atoms with Crippen LogP contribution in [-0.4, -0.2) is 18.5 Å². The van der Waals surface area contributed by atoms with Gasteiger partial charge in [-0.15, -0.1) is 0 Å². The number of nitriles is 1. The topological polar surface area (TPSA) is 64.9 Å². The molecule has 0 radical (unpaired) electrons. The van der Waals surface area contributed by atoms with E-state index >= 15 is 0 Å². The number of piperazine rings is 1. The fourth-order valence-electron chi connectivity index (χ4n) is 1.78. The van der Waals surface area contributed by atoms with Crippen LogP contribution < -0.4 is 10.6 Å². The van der Waals surface area contributed by atoms with Gasteiger partial charge in [-0.2, -0.15) is 5.26 Å². The molecule has 2 atom stereocenters. The van der Waals surface area contributed by atoms with Crippen LogP contribution in [0.5, 0.6) is 0 Å². The van der Waals surface area contributed by atoms with Crippen molar-refractivity contribution in [2.24, 2.45) is 0 Å². The first-order chi connectivity index (χ1) is 7.70. The minimum absolute atomic E-state index is 0.0107. The van der Waals surface area contributed by atoms with Gasteiger partial charge in [-0.25, -0.2) is 0 Å². The number of carbonyl (C=O) groups excluding carboxylic acids is 1. The van der Waals surface area contributed by atoms with Crippen LogP contribution in [0.1, 0.15) is 24.1 Å². The molecule has 0 aliphatic carbocycles. The van der Waals surface area contributed by atoms with Crippen LogP contribution in [-0.2, 0) is 4.79 Å². The average Bonchev–Trinajstić information content (AvgIpc) is 2.29. The van der Waals surface area contributed by atoms with Gasteiger partial charge in [-0.3, -0.25) is 4.79 Å². The number of hydrogen-bond donors (Lipinski definition) is 2. The molecule has 16 heavy (non-hydrogen) atoms. The molecule has 4 heteroatoms. The molecule has 0 saturated carbocycles. The highest BCUT2D eigenvalue weighted by Crippen LogP contribution is 2.16. The van der Waals surface area contributed by atoms with Gasteiger partial charge in [0.15, 0.2) is 0 Å². The number of amides is 1. The molecular formula is C12H13N3O. The van der Waals surface area contributed by atoms with Crippen LogP contribution in [0.25, 0.3) is 0 Å². The molecule has 1 amide bonds. The van der Waals surface area contributed by atoms with Crippen molar-refractivity contribution in [2.75, 3.05) is 6.54 Å². The van der Waals surface area contributed by atoms with E-state index < -0.39 is 0 Å².